The normalized spacial score (nSPS) is 11.5. The summed E-state index contributed by atoms with van der Waals surface area (Å²) < 4.78 is 35.3. The Labute approximate surface area is 199 Å². The van der Waals surface area contributed by atoms with Gasteiger partial charge in [-0.25, -0.2) is 13.6 Å². The molecule has 33 heavy (non-hydrogen) atoms. The number of carbonyl (C=O) groups is 1. The van der Waals surface area contributed by atoms with Gasteiger partial charge in [-0.05, 0) is 76.8 Å². The average molecular weight is 529 g/mol. The maximum atomic E-state index is 12.9. The van der Waals surface area contributed by atoms with Gasteiger partial charge in [-0.1, -0.05) is 24.3 Å². The van der Waals surface area contributed by atoms with Crippen LogP contribution in [0.15, 0.2) is 68.4 Å². The summed E-state index contributed by atoms with van der Waals surface area (Å²) in [5.74, 6) is 0.448. The molecular formula is C24H21BrN2O5S. The first-order valence-corrected chi connectivity index (χ1v) is 12.2. The molecule has 3 aromatic carbocycles. The van der Waals surface area contributed by atoms with Gasteiger partial charge in [0.25, 0.3) is 5.91 Å². The number of aryl methyl sites for hydroxylation is 2. The van der Waals surface area contributed by atoms with Gasteiger partial charge in [0.1, 0.15) is 11.3 Å². The minimum absolute atomic E-state index is 0.0972. The molecule has 0 spiro atoms. The van der Waals surface area contributed by atoms with Crippen LogP contribution in [-0.4, -0.2) is 21.4 Å². The standard InChI is InChI=1S/C24H21BrN2O5S/c1-13-12-16(6-11-20(13)33(26,29)30)15-4-7-17(8-5-15)27-24(28)22-14(2)21-19(32-22)10-9-18(25)23(21)31-3/h4-12H,1-3H3,(H,27,28)(H2,26,29,30). The first kappa shape index (κ1) is 23.0. The van der Waals surface area contributed by atoms with Gasteiger partial charge in [0.2, 0.25) is 10.0 Å². The lowest BCUT2D eigenvalue weighted by molar-refractivity contribution is 0.0998. The molecule has 3 N–H and O–H groups in total. The highest BCUT2D eigenvalue weighted by Crippen LogP contribution is 2.38. The second-order valence-electron chi connectivity index (χ2n) is 7.57. The van der Waals surface area contributed by atoms with Crippen molar-refractivity contribution in [3.63, 3.8) is 0 Å². The number of primary sulfonamides is 1. The third-order valence-electron chi connectivity index (χ3n) is 5.37. The summed E-state index contributed by atoms with van der Waals surface area (Å²) in [6, 6.07) is 15.8. The predicted molar refractivity (Wildman–Crippen MR) is 131 cm³/mol. The largest absolute Gasteiger partial charge is 0.495 e. The van der Waals surface area contributed by atoms with Crippen molar-refractivity contribution < 1.29 is 22.4 Å². The molecule has 0 aliphatic carbocycles. The van der Waals surface area contributed by atoms with Crippen LogP contribution >= 0.6 is 15.9 Å². The number of rotatable bonds is 5. The topological polar surface area (TPSA) is 112 Å². The number of fused-ring (bicyclic) bond motifs is 1. The molecule has 0 unspecified atom stereocenters. The highest BCUT2D eigenvalue weighted by atomic mass is 79.9. The number of hydrogen-bond donors (Lipinski definition) is 2. The van der Waals surface area contributed by atoms with E-state index in [1.165, 1.54) is 6.07 Å². The zero-order valence-corrected chi connectivity index (χ0v) is 20.5. The van der Waals surface area contributed by atoms with E-state index in [2.05, 4.69) is 21.2 Å². The number of anilines is 1. The number of halogens is 1. The van der Waals surface area contributed by atoms with Crippen molar-refractivity contribution >= 4 is 48.5 Å². The highest BCUT2D eigenvalue weighted by molar-refractivity contribution is 9.10. The number of benzene rings is 3. The Morgan fingerprint density at radius 3 is 2.30 bits per heavy atom. The summed E-state index contributed by atoms with van der Waals surface area (Å²) >= 11 is 3.45. The van der Waals surface area contributed by atoms with E-state index in [1.54, 1.807) is 44.4 Å². The van der Waals surface area contributed by atoms with E-state index >= 15 is 0 Å². The summed E-state index contributed by atoms with van der Waals surface area (Å²) in [6.07, 6.45) is 0. The SMILES string of the molecule is COc1c(Br)ccc2oc(C(=O)Nc3ccc(-c4ccc(S(N)(=O)=O)c(C)c4)cc3)c(C)c12. The molecule has 0 atom stereocenters. The Kier molecular flexibility index (Phi) is 6.04. The van der Waals surface area contributed by atoms with Gasteiger partial charge < -0.3 is 14.5 Å². The fourth-order valence-electron chi connectivity index (χ4n) is 3.78. The molecule has 0 radical (unpaired) electrons. The third-order valence-corrected chi connectivity index (χ3v) is 7.06. The Bertz CT molecular complexity index is 1490. The maximum absolute atomic E-state index is 12.9. The first-order valence-electron chi connectivity index (χ1n) is 9.91. The smallest absolute Gasteiger partial charge is 0.291 e. The van der Waals surface area contributed by atoms with E-state index in [0.29, 0.717) is 28.1 Å². The molecule has 0 fully saturated rings. The second-order valence-corrected chi connectivity index (χ2v) is 9.95. The molecule has 0 saturated carbocycles. The lowest BCUT2D eigenvalue weighted by Crippen LogP contribution is -2.13. The van der Waals surface area contributed by atoms with Crippen LogP contribution in [0.25, 0.3) is 22.1 Å². The van der Waals surface area contributed by atoms with Crippen LogP contribution < -0.4 is 15.2 Å². The fraction of sp³-hybridized carbons (Fsp3) is 0.125. The van der Waals surface area contributed by atoms with Crippen LogP contribution in [0.4, 0.5) is 5.69 Å². The minimum Gasteiger partial charge on any atom is -0.495 e. The van der Waals surface area contributed by atoms with Gasteiger partial charge in [0.05, 0.1) is 21.9 Å². The lowest BCUT2D eigenvalue weighted by Gasteiger charge is -2.09. The Morgan fingerprint density at radius 2 is 1.70 bits per heavy atom. The molecule has 1 heterocycles. The van der Waals surface area contributed by atoms with Crippen molar-refractivity contribution in [3.8, 4) is 16.9 Å². The van der Waals surface area contributed by atoms with Crippen LogP contribution in [0.3, 0.4) is 0 Å². The van der Waals surface area contributed by atoms with Gasteiger partial charge in [0, 0.05) is 11.3 Å². The van der Waals surface area contributed by atoms with Gasteiger partial charge in [-0.2, -0.15) is 0 Å². The summed E-state index contributed by atoms with van der Waals surface area (Å²) in [6.45, 7) is 3.51. The molecule has 0 aliphatic heterocycles. The van der Waals surface area contributed by atoms with Crippen molar-refractivity contribution in [2.75, 3.05) is 12.4 Å². The summed E-state index contributed by atoms with van der Waals surface area (Å²) in [5.41, 5.74) is 4.11. The molecule has 1 aromatic heterocycles. The number of furan rings is 1. The number of ether oxygens (including phenoxy) is 1. The van der Waals surface area contributed by atoms with E-state index in [4.69, 9.17) is 14.3 Å². The number of nitrogens with one attached hydrogen (secondary N) is 1. The maximum Gasteiger partial charge on any atom is 0.291 e. The second kappa shape index (κ2) is 8.66. The van der Waals surface area contributed by atoms with Gasteiger partial charge >= 0.3 is 0 Å². The van der Waals surface area contributed by atoms with E-state index in [9.17, 15) is 13.2 Å². The molecule has 0 bridgehead atoms. The minimum atomic E-state index is -3.77. The molecule has 0 aliphatic rings. The van der Waals surface area contributed by atoms with E-state index in [1.807, 2.05) is 25.1 Å². The molecule has 4 aromatic rings. The van der Waals surface area contributed by atoms with E-state index < -0.39 is 10.0 Å². The van der Waals surface area contributed by atoms with Crippen molar-refractivity contribution in [3.05, 3.63) is 76.0 Å². The van der Waals surface area contributed by atoms with Crippen molar-refractivity contribution in [2.24, 2.45) is 5.14 Å². The summed E-state index contributed by atoms with van der Waals surface area (Å²) in [5, 5.41) is 8.83. The Hall–Kier alpha value is -3.14. The van der Waals surface area contributed by atoms with Gasteiger partial charge in [0.15, 0.2) is 5.76 Å². The number of carbonyl (C=O) groups excluding carboxylic acids is 1. The number of methoxy groups -OCH3 is 1. The lowest BCUT2D eigenvalue weighted by atomic mass is 10.0. The summed E-state index contributed by atoms with van der Waals surface area (Å²) in [7, 11) is -2.20. The number of hydrogen-bond acceptors (Lipinski definition) is 5. The zero-order chi connectivity index (χ0) is 23.9. The van der Waals surface area contributed by atoms with E-state index in [0.717, 1.165) is 21.0 Å². The first-order chi connectivity index (χ1) is 15.6. The quantitative estimate of drug-likeness (QED) is 0.360. The van der Waals surface area contributed by atoms with Crippen LogP contribution in [0.1, 0.15) is 21.7 Å². The highest BCUT2D eigenvalue weighted by Gasteiger charge is 2.22. The van der Waals surface area contributed by atoms with Crippen LogP contribution in [-0.2, 0) is 10.0 Å². The van der Waals surface area contributed by atoms with E-state index in [-0.39, 0.29) is 16.6 Å². The van der Waals surface area contributed by atoms with Crippen LogP contribution in [0, 0.1) is 13.8 Å². The molecular weight excluding hydrogens is 508 g/mol. The van der Waals surface area contributed by atoms with Crippen LogP contribution in [0.2, 0.25) is 0 Å². The molecule has 4 rings (SSSR count). The predicted octanol–water partition coefficient (Wildman–Crippen LogP) is 5.39. The molecule has 1 amide bonds. The fourth-order valence-corrected chi connectivity index (χ4v) is 5.04. The van der Waals surface area contributed by atoms with Gasteiger partial charge in [-0.3, -0.25) is 4.79 Å². The van der Waals surface area contributed by atoms with Crippen molar-refractivity contribution in [1.82, 2.24) is 0 Å². The monoisotopic (exact) mass is 528 g/mol. The van der Waals surface area contributed by atoms with Crippen LogP contribution in [0.5, 0.6) is 5.75 Å². The number of nitrogens with two attached hydrogens (primary N) is 1. The average Bonchev–Trinajstić information content (AvgIpc) is 3.10. The zero-order valence-electron chi connectivity index (χ0n) is 18.1. The molecule has 170 valence electrons. The summed E-state index contributed by atoms with van der Waals surface area (Å²) in [4.78, 5) is 13.0. The molecule has 0 saturated heterocycles. The molecule has 7 nitrogen and oxygen atoms in total. The molecule has 9 heteroatoms. The van der Waals surface area contributed by atoms with Crippen molar-refractivity contribution in [1.29, 1.82) is 0 Å². The van der Waals surface area contributed by atoms with Crippen molar-refractivity contribution in [2.45, 2.75) is 18.7 Å². The Balaban J connectivity index is 1.58. The third kappa shape index (κ3) is 4.39. The van der Waals surface area contributed by atoms with Gasteiger partial charge in [-0.15, -0.1) is 0 Å². The Morgan fingerprint density at radius 1 is 1.03 bits per heavy atom. The number of sulfonamides is 1. The number of amides is 1.